The van der Waals surface area contributed by atoms with Crippen LogP contribution in [0, 0.1) is 5.92 Å². The van der Waals surface area contributed by atoms with Gasteiger partial charge in [0.15, 0.2) is 0 Å². The van der Waals surface area contributed by atoms with Crippen LogP contribution in [0.5, 0.6) is 0 Å². The maximum Gasteiger partial charge on any atom is 0.269 e. The SMILES string of the molecule is C.CC(C)/C=C/c1cc(CNCCS(=O)(=O)O)nc(C(=O)NCCS(=O)(=O)O)c1. The molecule has 29 heavy (non-hydrogen) atoms. The lowest BCUT2D eigenvalue weighted by atomic mass is 10.1. The average Bonchev–Trinajstić information content (AvgIpc) is 2.54. The fourth-order valence-electron chi connectivity index (χ4n) is 2.02. The summed E-state index contributed by atoms with van der Waals surface area (Å²) in [7, 11) is -8.27. The lowest BCUT2D eigenvalue weighted by molar-refractivity contribution is 0.0950. The van der Waals surface area contributed by atoms with Crippen molar-refractivity contribution >= 4 is 32.2 Å². The van der Waals surface area contributed by atoms with E-state index >= 15 is 0 Å². The zero-order valence-electron chi connectivity index (χ0n) is 15.6. The number of hydrogen-bond acceptors (Lipinski definition) is 7. The van der Waals surface area contributed by atoms with Gasteiger partial charge in [0.1, 0.15) is 5.69 Å². The van der Waals surface area contributed by atoms with Crippen LogP contribution >= 0.6 is 0 Å². The summed E-state index contributed by atoms with van der Waals surface area (Å²) in [6.45, 7) is 3.86. The number of hydrogen-bond donors (Lipinski definition) is 4. The fourth-order valence-corrected chi connectivity index (χ4v) is 2.78. The first-order valence-corrected chi connectivity index (χ1v) is 11.7. The summed E-state index contributed by atoms with van der Waals surface area (Å²) in [6.07, 6.45) is 3.73. The molecule has 12 heteroatoms. The molecule has 10 nitrogen and oxygen atoms in total. The van der Waals surface area contributed by atoms with Crippen LogP contribution in [0.3, 0.4) is 0 Å². The Morgan fingerprint density at radius 2 is 1.69 bits per heavy atom. The second-order valence-electron chi connectivity index (χ2n) is 6.38. The van der Waals surface area contributed by atoms with Crippen LogP contribution in [-0.4, -0.2) is 61.4 Å². The normalized spacial score (nSPS) is 12.2. The highest BCUT2D eigenvalue weighted by Gasteiger charge is 2.12. The molecule has 0 atom stereocenters. The highest BCUT2D eigenvalue weighted by molar-refractivity contribution is 7.86. The third kappa shape index (κ3) is 13.1. The molecule has 0 bridgehead atoms. The number of amides is 1. The number of pyridine rings is 1. The summed E-state index contributed by atoms with van der Waals surface area (Å²) in [5.41, 5.74) is 1.20. The molecule has 1 heterocycles. The first-order valence-electron chi connectivity index (χ1n) is 8.44. The zero-order chi connectivity index (χ0) is 21.4. The highest BCUT2D eigenvalue weighted by atomic mass is 32.2. The molecule has 0 aliphatic rings. The van der Waals surface area contributed by atoms with Gasteiger partial charge in [0.25, 0.3) is 26.1 Å². The first-order chi connectivity index (χ1) is 12.9. The Labute approximate surface area is 172 Å². The van der Waals surface area contributed by atoms with Gasteiger partial charge in [0, 0.05) is 19.6 Å². The summed E-state index contributed by atoms with van der Waals surface area (Å²) in [6, 6.07) is 3.25. The minimum absolute atomic E-state index is 0. The predicted molar refractivity (Wildman–Crippen MR) is 112 cm³/mol. The van der Waals surface area contributed by atoms with Crippen molar-refractivity contribution in [3.05, 3.63) is 35.2 Å². The van der Waals surface area contributed by atoms with Crippen LogP contribution in [0.4, 0.5) is 0 Å². The number of carbonyl (C=O) groups is 1. The van der Waals surface area contributed by atoms with E-state index in [0.29, 0.717) is 11.3 Å². The van der Waals surface area contributed by atoms with Gasteiger partial charge in [-0.05, 0) is 23.6 Å². The van der Waals surface area contributed by atoms with Crippen molar-refractivity contribution in [2.24, 2.45) is 5.92 Å². The number of nitrogens with one attached hydrogen (secondary N) is 2. The van der Waals surface area contributed by atoms with Gasteiger partial charge in [0.05, 0.1) is 17.2 Å². The lowest BCUT2D eigenvalue weighted by Gasteiger charge is -2.09. The lowest BCUT2D eigenvalue weighted by Crippen LogP contribution is -2.30. The Kier molecular flexibility index (Phi) is 11.2. The van der Waals surface area contributed by atoms with E-state index in [2.05, 4.69) is 15.6 Å². The Morgan fingerprint density at radius 3 is 2.24 bits per heavy atom. The molecular weight excluding hydrogens is 422 g/mol. The summed E-state index contributed by atoms with van der Waals surface area (Å²) in [5.74, 6) is -1.40. The topological polar surface area (TPSA) is 163 Å². The van der Waals surface area contributed by atoms with E-state index in [1.807, 2.05) is 26.0 Å². The van der Waals surface area contributed by atoms with E-state index in [1.165, 1.54) is 6.07 Å². The zero-order valence-corrected chi connectivity index (χ0v) is 17.3. The number of rotatable bonds is 11. The third-order valence-corrected chi connectivity index (χ3v) is 4.74. The first kappa shape index (κ1) is 27.1. The molecule has 1 amide bonds. The van der Waals surface area contributed by atoms with Crippen LogP contribution in [-0.2, 0) is 26.8 Å². The molecule has 0 aliphatic heterocycles. The van der Waals surface area contributed by atoms with Crippen LogP contribution in [0.1, 0.15) is 43.0 Å². The summed E-state index contributed by atoms with van der Waals surface area (Å²) < 4.78 is 60.4. The average molecular weight is 452 g/mol. The third-order valence-electron chi connectivity index (χ3n) is 3.30. The minimum Gasteiger partial charge on any atom is -0.350 e. The molecule has 0 fully saturated rings. The van der Waals surface area contributed by atoms with E-state index in [-0.39, 0.29) is 38.7 Å². The molecular formula is C17H29N3O7S2. The van der Waals surface area contributed by atoms with Crippen molar-refractivity contribution in [3.63, 3.8) is 0 Å². The maximum absolute atomic E-state index is 12.2. The molecule has 0 aromatic carbocycles. The molecule has 0 aliphatic carbocycles. The van der Waals surface area contributed by atoms with Crippen LogP contribution < -0.4 is 10.6 Å². The molecule has 0 unspecified atom stereocenters. The van der Waals surface area contributed by atoms with Crippen molar-refractivity contribution in [1.82, 2.24) is 15.6 Å². The summed E-state index contributed by atoms with van der Waals surface area (Å²) in [5, 5.41) is 5.17. The van der Waals surface area contributed by atoms with Gasteiger partial charge in [-0.1, -0.05) is 33.4 Å². The molecule has 1 aromatic rings. The van der Waals surface area contributed by atoms with Gasteiger partial charge < -0.3 is 10.6 Å². The van der Waals surface area contributed by atoms with Crippen molar-refractivity contribution in [2.45, 2.75) is 27.8 Å². The molecule has 0 spiro atoms. The van der Waals surface area contributed by atoms with Gasteiger partial charge in [-0.3, -0.25) is 13.9 Å². The summed E-state index contributed by atoms with van der Waals surface area (Å²) in [4.78, 5) is 16.4. The number of carbonyl (C=O) groups excluding carboxylic acids is 1. The quantitative estimate of drug-likeness (QED) is 0.284. The predicted octanol–water partition coefficient (Wildman–Crippen LogP) is 0.982. The Balaban J connectivity index is 0.00000784. The largest absolute Gasteiger partial charge is 0.350 e. The van der Waals surface area contributed by atoms with E-state index < -0.39 is 37.6 Å². The monoisotopic (exact) mass is 451 g/mol. The van der Waals surface area contributed by atoms with E-state index in [1.54, 1.807) is 6.07 Å². The molecule has 1 rings (SSSR count). The minimum atomic E-state index is -4.19. The number of nitrogens with zero attached hydrogens (tertiary/aromatic N) is 1. The van der Waals surface area contributed by atoms with Crippen LogP contribution in [0.2, 0.25) is 0 Å². The van der Waals surface area contributed by atoms with Crippen molar-refractivity contribution < 1.29 is 30.7 Å². The standard InChI is InChI=1S/C16H25N3O7S2.CH4/c1-12(2)3-4-13-9-14(11-17-5-7-27(21,22)23)19-15(10-13)16(20)18-6-8-28(24,25)26;/h3-4,9-10,12,17H,5-8,11H2,1-2H3,(H,18,20)(H,21,22,23)(H,24,25,26);1H4/b4-3+;. The molecule has 166 valence electrons. The Morgan fingerprint density at radius 1 is 1.10 bits per heavy atom. The molecule has 0 radical (unpaired) electrons. The van der Waals surface area contributed by atoms with Gasteiger partial charge in [0.2, 0.25) is 0 Å². The molecule has 0 saturated carbocycles. The van der Waals surface area contributed by atoms with E-state index in [9.17, 15) is 21.6 Å². The number of aromatic nitrogens is 1. The van der Waals surface area contributed by atoms with Gasteiger partial charge in [-0.25, -0.2) is 4.98 Å². The van der Waals surface area contributed by atoms with Crippen LogP contribution in [0.15, 0.2) is 18.2 Å². The Hall–Kier alpha value is -1.86. The van der Waals surface area contributed by atoms with Crippen molar-refractivity contribution in [1.29, 1.82) is 0 Å². The van der Waals surface area contributed by atoms with Crippen molar-refractivity contribution in [2.75, 3.05) is 24.6 Å². The molecule has 1 aromatic heterocycles. The van der Waals surface area contributed by atoms with Gasteiger partial charge in [-0.15, -0.1) is 0 Å². The smallest absolute Gasteiger partial charge is 0.269 e. The fraction of sp³-hybridized carbons (Fsp3) is 0.529. The molecule has 4 N–H and O–H groups in total. The number of allylic oxidation sites excluding steroid dienone is 1. The van der Waals surface area contributed by atoms with E-state index in [4.69, 9.17) is 9.11 Å². The Bertz CT molecular complexity index is 911. The second kappa shape index (κ2) is 12.0. The summed E-state index contributed by atoms with van der Waals surface area (Å²) >= 11 is 0. The highest BCUT2D eigenvalue weighted by Crippen LogP contribution is 2.10. The second-order valence-corrected chi connectivity index (χ2v) is 9.53. The molecule has 0 saturated heterocycles. The van der Waals surface area contributed by atoms with Gasteiger partial charge >= 0.3 is 0 Å². The van der Waals surface area contributed by atoms with Crippen LogP contribution in [0.25, 0.3) is 6.08 Å². The maximum atomic E-state index is 12.2. The van der Waals surface area contributed by atoms with E-state index in [0.717, 1.165) is 0 Å². The van der Waals surface area contributed by atoms with Gasteiger partial charge in [-0.2, -0.15) is 16.8 Å². The van der Waals surface area contributed by atoms with Crippen molar-refractivity contribution in [3.8, 4) is 0 Å².